The molecule has 1 aromatic heterocycles. The lowest BCUT2D eigenvalue weighted by Crippen LogP contribution is -2.43. The van der Waals surface area contributed by atoms with Gasteiger partial charge >= 0.3 is 17.7 Å². The smallest absolute Gasteiger partial charge is 0.410 e. The van der Waals surface area contributed by atoms with E-state index in [1.807, 2.05) is 51.1 Å². The van der Waals surface area contributed by atoms with Crippen LogP contribution < -0.4 is 10.4 Å². The molecule has 8 heteroatoms. The van der Waals surface area contributed by atoms with Crippen LogP contribution in [0.25, 0.3) is 22.1 Å². The molecule has 4 rings (SSSR count). The van der Waals surface area contributed by atoms with Gasteiger partial charge in [-0.25, -0.2) is 9.59 Å². The Labute approximate surface area is 202 Å². The van der Waals surface area contributed by atoms with Crippen LogP contribution in [0.15, 0.2) is 57.7 Å². The van der Waals surface area contributed by atoms with E-state index in [9.17, 15) is 14.4 Å². The van der Waals surface area contributed by atoms with Crippen molar-refractivity contribution in [1.82, 2.24) is 4.90 Å². The fraction of sp³-hybridized carbons (Fsp3) is 0.346. The van der Waals surface area contributed by atoms with Gasteiger partial charge in [-0.3, -0.25) is 4.79 Å². The first-order valence-electron chi connectivity index (χ1n) is 11.1. The van der Waals surface area contributed by atoms with Crippen LogP contribution in [0.4, 0.5) is 4.79 Å². The molecule has 1 saturated heterocycles. The zero-order chi connectivity index (χ0) is 24.5. The molecule has 1 fully saturated rings. The molecule has 1 aliphatic rings. The van der Waals surface area contributed by atoms with E-state index in [2.05, 4.69) is 0 Å². The highest BCUT2D eigenvalue weighted by Gasteiger charge is 2.31. The molecule has 3 aromatic rings. The summed E-state index contributed by atoms with van der Waals surface area (Å²) in [6.07, 6.45) is 0.522. The van der Waals surface area contributed by atoms with Crippen molar-refractivity contribution in [3.63, 3.8) is 0 Å². The predicted molar refractivity (Wildman–Crippen MR) is 129 cm³/mol. The van der Waals surface area contributed by atoms with Crippen LogP contribution in [0, 0.1) is 5.92 Å². The second kappa shape index (κ2) is 9.50. The van der Waals surface area contributed by atoms with Gasteiger partial charge in [0.05, 0.1) is 10.9 Å². The monoisotopic (exact) mass is 483 g/mol. The van der Waals surface area contributed by atoms with Crippen molar-refractivity contribution in [3.8, 4) is 16.9 Å². The van der Waals surface area contributed by atoms with Gasteiger partial charge in [0.15, 0.2) is 5.75 Å². The van der Waals surface area contributed by atoms with Crippen LogP contribution in [0.1, 0.15) is 33.6 Å². The Balaban J connectivity index is 1.50. The minimum absolute atomic E-state index is 0.127. The summed E-state index contributed by atoms with van der Waals surface area (Å²) in [6, 6.07) is 13.9. The van der Waals surface area contributed by atoms with E-state index in [0.717, 1.165) is 5.56 Å². The molecule has 178 valence electrons. The van der Waals surface area contributed by atoms with E-state index >= 15 is 0 Å². The highest BCUT2D eigenvalue weighted by Crippen LogP contribution is 2.35. The van der Waals surface area contributed by atoms with Crippen LogP contribution >= 0.6 is 11.6 Å². The van der Waals surface area contributed by atoms with E-state index in [0.29, 0.717) is 36.9 Å². The van der Waals surface area contributed by atoms with Gasteiger partial charge in [-0.15, -0.1) is 0 Å². The number of nitrogens with zero attached hydrogens (tertiary/aromatic N) is 1. The molecule has 1 aliphatic heterocycles. The van der Waals surface area contributed by atoms with Gasteiger partial charge in [0, 0.05) is 30.6 Å². The van der Waals surface area contributed by atoms with Crippen LogP contribution in [-0.2, 0) is 9.53 Å². The quantitative estimate of drug-likeness (QED) is 0.271. The number of piperidine rings is 1. The molecule has 7 nitrogen and oxygen atoms in total. The van der Waals surface area contributed by atoms with E-state index in [4.69, 9.17) is 25.5 Å². The number of amides is 1. The third-order valence-corrected chi connectivity index (χ3v) is 5.87. The third kappa shape index (κ3) is 5.42. The van der Waals surface area contributed by atoms with E-state index in [1.54, 1.807) is 11.0 Å². The summed E-state index contributed by atoms with van der Waals surface area (Å²) >= 11 is 6.45. The molecule has 34 heavy (non-hydrogen) atoms. The second-order valence-electron chi connectivity index (χ2n) is 9.29. The highest BCUT2D eigenvalue weighted by molar-refractivity contribution is 6.33. The molecule has 0 aliphatic carbocycles. The molecule has 0 saturated carbocycles. The first-order chi connectivity index (χ1) is 16.1. The predicted octanol–water partition coefficient (Wildman–Crippen LogP) is 5.67. The maximum atomic E-state index is 12.8. The van der Waals surface area contributed by atoms with Gasteiger partial charge in [0.2, 0.25) is 0 Å². The zero-order valence-electron chi connectivity index (χ0n) is 19.3. The molecule has 2 aromatic carbocycles. The average molecular weight is 484 g/mol. The minimum Gasteiger partial charge on any atom is -0.444 e. The van der Waals surface area contributed by atoms with Crippen molar-refractivity contribution < 1.29 is 23.5 Å². The Bertz CT molecular complexity index is 1270. The average Bonchev–Trinajstić information content (AvgIpc) is 2.79. The van der Waals surface area contributed by atoms with Crippen LogP contribution in [0.3, 0.4) is 0 Å². The Kier molecular flexibility index (Phi) is 6.66. The van der Waals surface area contributed by atoms with Crippen molar-refractivity contribution in [3.05, 3.63) is 64.0 Å². The molecule has 0 spiro atoms. The fourth-order valence-corrected chi connectivity index (χ4v) is 4.12. The SMILES string of the molecule is CC(C)(C)OC(=O)N1CCC(C(=O)Oc2cc3oc(=O)cc(-c4ccccc4)c3cc2Cl)CC1. The summed E-state index contributed by atoms with van der Waals surface area (Å²) in [5.74, 6) is -0.693. The van der Waals surface area contributed by atoms with Gasteiger partial charge in [-0.2, -0.15) is 0 Å². The zero-order valence-corrected chi connectivity index (χ0v) is 20.1. The standard InChI is InChI=1S/C26H26ClNO6/c1-26(2,3)34-25(31)28-11-9-17(10-12-28)24(30)33-22-15-21-19(13-20(22)27)18(14-23(29)32-21)16-7-5-4-6-8-16/h4-8,13-15,17H,9-12H2,1-3H3. The lowest BCUT2D eigenvalue weighted by atomic mass is 9.97. The molecular weight excluding hydrogens is 458 g/mol. The summed E-state index contributed by atoms with van der Waals surface area (Å²) in [7, 11) is 0. The number of esters is 1. The second-order valence-corrected chi connectivity index (χ2v) is 9.69. The summed E-state index contributed by atoms with van der Waals surface area (Å²) < 4.78 is 16.3. The topological polar surface area (TPSA) is 86.1 Å². The molecule has 1 amide bonds. The number of carbonyl (C=O) groups excluding carboxylic acids is 2. The number of ether oxygens (including phenoxy) is 2. The summed E-state index contributed by atoms with van der Waals surface area (Å²) in [4.78, 5) is 38.8. The van der Waals surface area contributed by atoms with Gasteiger partial charge in [0.1, 0.15) is 11.2 Å². The lowest BCUT2D eigenvalue weighted by Gasteiger charge is -2.32. The number of likely N-dealkylation sites (tertiary alicyclic amines) is 1. The number of rotatable bonds is 3. The fourth-order valence-electron chi connectivity index (χ4n) is 3.91. The van der Waals surface area contributed by atoms with Gasteiger partial charge < -0.3 is 18.8 Å². The largest absolute Gasteiger partial charge is 0.444 e. The molecule has 0 bridgehead atoms. The maximum Gasteiger partial charge on any atom is 0.410 e. The minimum atomic E-state index is -0.574. The van der Waals surface area contributed by atoms with Crippen molar-refractivity contribution in [2.75, 3.05) is 13.1 Å². The number of carbonyl (C=O) groups is 2. The number of hydrogen-bond donors (Lipinski definition) is 0. The molecular formula is C26H26ClNO6. The summed E-state index contributed by atoms with van der Waals surface area (Å²) in [6.45, 7) is 6.23. The van der Waals surface area contributed by atoms with Crippen molar-refractivity contribution >= 4 is 34.6 Å². The summed E-state index contributed by atoms with van der Waals surface area (Å²) in [5.41, 5.74) is 0.715. The van der Waals surface area contributed by atoms with E-state index in [1.165, 1.54) is 12.1 Å². The lowest BCUT2D eigenvalue weighted by molar-refractivity contribution is -0.140. The van der Waals surface area contributed by atoms with Crippen molar-refractivity contribution in [2.24, 2.45) is 5.92 Å². The number of fused-ring (bicyclic) bond motifs is 1. The first-order valence-corrected chi connectivity index (χ1v) is 11.5. The Hall–Kier alpha value is -3.32. The van der Waals surface area contributed by atoms with Crippen LogP contribution in [-0.4, -0.2) is 35.7 Å². The maximum absolute atomic E-state index is 12.8. The van der Waals surface area contributed by atoms with E-state index in [-0.39, 0.29) is 28.4 Å². The first kappa shape index (κ1) is 23.8. The molecule has 0 unspecified atom stereocenters. The Morgan fingerprint density at radius 1 is 1.06 bits per heavy atom. The number of halogens is 1. The van der Waals surface area contributed by atoms with Gasteiger partial charge in [-0.05, 0) is 50.8 Å². The van der Waals surface area contributed by atoms with Gasteiger partial charge in [0.25, 0.3) is 0 Å². The summed E-state index contributed by atoms with van der Waals surface area (Å²) in [5, 5.41) is 0.874. The molecule has 0 atom stereocenters. The number of benzene rings is 2. The van der Waals surface area contributed by atoms with Gasteiger partial charge in [-0.1, -0.05) is 41.9 Å². The van der Waals surface area contributed by atoms with Crippen LogP contribution in [0.5, 0.6) is 5.75 Å². The van der Waals surface area contributed by atoms with Crippen LogP contribution in [0.2, 0.25) is 5.02 Å². The Morgan fingerprint density at radius 2 is 1.74 bits per heavy atom. The van der Waals surface area contributed by atoms with Crippen molar-refractivity contribution in [2.45, 2.75) is 39.2 Å². The molecule has 0 radical (unpaired) electrons. The van der Waals surface area contributed by atoms with Crippen molar-refractivity contribution in [1.29, 1.82) is 0 Å². The Morgan fingerprint density at radius 3 is 2.38 bits per heavy atom. The normalized spacial score (nSPS) is 14.8. The third-order valence-electron chi connectivity index (χ3n) is 5.57. The van der Waals surface area contributed by atoms with E-state index < -0.39 is 17.2 Å². The highest BCUT2D eigenvalue weighted by atomic mass is 35.5. The molecule has 0 N–H and O–H groups in total. The molecule has 2 heterocycles. The number of hydrogen-bond acceptors (Lipinski definition) is 6.